The summed E-state index contributed by atoms with van der Waals surface area (Å²) in [6.45, 7) is 7.09. The highest BCUT2D eigenvalue weighted by molar-refractivity contribution is 7.90. The van der Waals surface area contributed by atoms with Crippen LogP contribution in [-0.2, 0) is 9.84 Å². The van der Waals surface area contributed by atoms with Gasteiger partial charge in [-0.1, -0.05) is 6.92 Å². The summed E-state index contributed by atoms with van der Waals surface area (Å²) in [7, 11) is -2.86. The van der Waals surface area contributed by atoms with E-state index in [0.29, 0.717) is 0 Å². The van der Waals surface area contributed by atoms with Crippen molar-refractivity contribution in [2.75, 3.05) is 31.6 Å². The first-order chi connectivity index (χ1) is 7.42. The normalized spacial score (nSPS) is 19.0. The monoisotopic (exact) mass is 248 g/mol. The lowest BCUT2D eigenvalue weighted by Crippen LogP contribution is -2.39. The molecule has 96 valence electrons. The van der Waals surface area contributed by atoms with Crippen molar-refractivity contribution < 1.29 is 8.42 Å². The number of rotatable bonds is 8. The Hall–Kier alpha value is -0.130. The molecule has 0 aromatic carbocycles. The van der Waals surface area contributed by atoms with Crippen LogP contribution >= 0.6 is 0 Å². The first-order valence-corrected chi connectivity index (χ1v) is 8.13. The predicted molar refractivity (Wildman–Crippen MR) is 67.4 cm³/mol. The van der Waals surface area contributed by atoms with Gasteiger partial charge in [-0.05, 0) is 26.3 Å². The molecule has 1 saturated carbocycles. The van der Waals surface area contributed by atoms with E-state index in [-0.39, 0.29) is 11.8 Å². The Balaban J connectivity index is 2.14. The fraction of sp³-hybridized carbons (Fsp3) is 1.00. The van der Waals surface area contributed by atoms with Gasteiger partial charge in [0.15, 0.2) is 0 Å². The van der Waals surface area contributed by atoms with Crippen molar-refractivity contribution in [3.05, 3.63) is 0 Å². The summed E-state index contributed by atoms with van der Waals surface area (Å²) < 4.78 is 22.1. The Morgan fingerprint density at radius 2 is 2.06 bits per heavy atom. The van der Waals surface area contributed by atoms with Gasteiger partial charge in [0.1, 0.15) is 9.84 Å². The number of sulfone groups is 1. The second kappa shape index (κ2) is 5.98. The Morgan fingerprint density at radius 3 is 2.50 bits per heavy atom. The second-order valence-corrected chi connectivity index (χ2v) is 6.99. The Bertz CT molecular complexity index is 299. The van der Waals surface area contributed by atoms with Crippen LogP contribution in [0.2, 0.25) is 0 Å². The van der Waals surface area contributed by atoms with Crippen LogP contribution in [-0.4, -0.2) is 57.0 Å². The number of nitrogens with zero attached hydrogens (tertiary/aromatic N) is 1. The van der Waals surface area contributed by atoms with Gasteiger partial charge in [-0.25, -0.2) is 8.42 Å². The van der Waals surface area contributed by atoms with Crippen molar-refractivity contribution in [1.29, 1.82) is 0 Å². The quantitative estimate of drug-likeness (QED) is 0.679. The van der Waals surface area contributed by atoms with E-state index in [4.69, 9.17) is 0 Å². The summed E-state index contributed by atoms with van der Waals surface area (Å²) in [5, 5.41) is 3.27. The van der Waals surface area contributed by atoms with Crippen LogP contribution < -0.4 is 5.32 Å². The molecular weight excluding hydrogens is 224 g/mol. The molecule has 0 bridgehead atoms. The zero-order chi connectivity index (χ0) is 12.2. The standard InChI is InChI=1S/C11H24N2O2S/c1-4-13(11-5-6-11)8-7-12-10(2)9-16(3,14)15/h10-12H,4-9H2,1-3H3. The van der Waals surface area contributed by atoms with E-state index >= 15 is 0 Å². The van der Waals surface area contributed by atoms with Crippen LogP contribution in [0.15, 0.2) is 0 Å². The molecule has 1 aliphatic carbocycles. The molecule has 4 nitrogen and oxygen atoms in total. The summed E-state index contributed by atoms with van der Waals surface area (Å²) in [5.74, 6) is 0.225. The van der Waals surface area contributed by atoms with E-state index in [9.17, 15) is 8.42 Å². The lowest BCUT2D eigenvalue weighted by molar-refractivity contribution is 0.274. The Kier molecular flexibility index (Phi) is 5.21. The number of nitrogens with one attached hydrogen (secondary N) is 1. The molecule has 0 spiro atoms. The molecule has 0 aromatic rings. The largest absolute Gasteiger partial charge is 0.312 e. The molecule has 0 amide bonds. The number of hydrogen-bond acceptors (Lipinski definition) is 4. The summed E-state index contributed by atoms with van der Waals surface area (Å²) in [4.78, 5) is 2.46. The van der Waals surface area contributed by atoms with E-state index in [2.05, 4.69) is 17.1 Å². The SMILES string of the molecule is CCN(CCNC(C)CS(C)(=O)=O)C1CC1. The zero-order valence-corrected chi connectivity index (χ0v) is 11.4. The highest BCUT2D eigenvalue weighted by Gasteiger charge is 2.27. The van der Waals surface area contributed by atoms with Crippen LogP contribution in [0, 0.1) is 0 Å². The zero-order valence-electron chi connectivity index (χ0n) is 10.6. The fourth-order valence-electron chi connectivity index (χ4n) is 2.01. The third-order valence-electron chi connectivity index (χ3n) is 2.91. The maximum absolute atomic E-state index is 11.1. The molecule has 0 saturated heterocycles. The van der Waals surface area contributed by atoms with Crippen LogP contribution in [0.25, 0.3) is 0 Å². The molecule has 1 rings (SSSR count). The van der Waals surface area contributed by atoms with E-state index in [1.54, 1.807) is 0 Å². The average molecular weight is 248 g/mol. The summed E-state index contributed by atoms with van der Waals surface area (Å²) >= 11 is 0. The molecule has 1 fully saturated rings. The van der Waals surface area contributed by atoms with Gasteiger partial charge in [-0.15, -0.1) is 0 Å². The first-order valence-electron chi connectivity index (χ1n) is 6.07. The molecule has 5 heteroatoms. The molecule has 0 aliphatic heterocycles. The molecule has 1 N–H and O–H groups in total. The highest BCUT2D eigenvalue weighted by atomic mass is 32.2. The average Bonchev–Trinajstić information content (AvgIpc) is 2.92. The second-order valence-electron chi connectivity index (χ2n) is 4.81. The Morgan fingerprint density at radius 1 is 1.44 bits per heavy atom. The summed E-state index contributed by atoms with van der Waals surface area (Å²) in [6, 6.07) is 0.838. The lowest BCUT2D eigenvalue weighted by atomic mass is 10.3. The van der Waals surface area contributed by atoms with Crippen molar-refractivity contribution in [2.24, 2.45) is 0 Å². The highest BCUT2D eigenvalue weighted by Crippen LogP contribution is 2.25. The van der Waals surface area contributed by atoms with Gasteiger partial charge in [-0.3, -0.25) is 4.90 Å². The summed E-state index contributed by atoms with van der Waals surface area (Å²) in [5.41, 5.74) is 0. The molecule has 0 aromatic heterocycles. The molecule has 0 heterocycles. The van der Waals surface area contributed by atoms with Crippen molar-refractivity contribution >= 4 is 9.84 Å². The maximum atomic E-state index is 11.1. The summed E-state index contributed by atoms with van der Waals surface area (Å²) in [6.07, 6.45) is 3.94. The molecule has 1 unspecified atom stereocenters. The van der Waals surface area contributed by atoms with Gasteiger partial charge in [0, 0.05) is 31.4 Å². The van der Waals surface area contributed by atoms with Crippen molar-refractivity contribution in [3.8, 4) is 0 Å². The van der Waals surface area contributed by atoms with Crippen molar-refractivity contribution in [2.45, 2.75) is 38.8 Å². The first kappa shape index (κ1) is 13.9. The van der Waals surface area contributed by atoms with E-state index in [1.807, 2.05) is 6.92 Å². The van der Waals surface area contributed by atoms with Gasteiger partial charge in [0.2, 0.25) is 0 Å². The molecule has 16 heavy (non-hydrogen) atoms. The fourth-order valence-corrected chi connectivity index (χ4v) is 3.03. The number of hydrogen-bond donors (Lipinski definition) is 1. The van der Waals surface area contributed by atoms with Crippen LogP contribution in [0.3, 0.4) is 0 Å². The van der Waals surface area contributed by atoms with Gasteiger partial charge in [0.25, 0.3) is 0 Å². The molecule has 1 aliphatic rings. The smallest absolute Gasteiger partial charge is 0.148 e. The van der Waals surface area contributed by atoms with Gasteiger partial charge < -0.3 is 5.32 Å². The molecule has 0 radical (unpaired) electrons. The minimum atomic E-state index is -2.86. The van der Waals surface area contributed by atoms with Gasteiger partial charge >= 0.3 is 0 Å². The predicted octanol–water partition coefficient (Wildman–Crippen LogP) is 0.493. The van der Waals surface area contributed by atoms with Crippen LogP contribution in [0.4, 0.5) is 0 Å². The van der Waals surface area contributed by atoms with Crippen molar-refractivity contribution in [1.82, 2.24) is 10.2 Å². The number of likely N-dealkylation sites (N-methyl/N-ethyl adjacent to an activating group) is 1. The molecular formula is C11H24N2O2S. The lowest BCUT2D eigenvalue weighted by Gasteiger charge is -2.21. The van der Waals surface area contributed by atoms with Gasteiger partial charge in [-0.2, -0.15) is 0 Å². The third-order valence-corrected chi connectivity index (χ3v) is 4.02. The maximum Gasteiger partial charge on any atom is 0.148 e. The van der Waals surface area contributed by atoms with Crippen LogP contribution in [0.1, 0.15) is 26.7 Å². The van der Waals surface area contributed by atoms with Crippen molar-refractivity contribution in [3.63, 3.8) is 0 Å². The Labute approximate surface area is 99.3 Å². The van der Waals surface area contributed by atoms with Gasteiger partial charge in [0.05, 0.1) is 5.75 Å². The topological polar surface area (TPSA) is 49.4 Å². The van der Waals surface area contributed by atoms with Crippen LogP contribution in [0.5, 0.6) is 0 Å². The third kappa shape index (κ3) is 5.82. The molecule has 1 atom stereocenters. The van der Waals surface area contributed by atoms with E-state index in [0.717, 1.165) is 25.7 Å². The minimum Gasteiger partial charge on any atom is -0.312 e. The van der Waals surface area contributed by atoms with E-state index in [1.165, 1.54) is 19.1 Å². The van der Waals surface area contributed by atoms with E-state index < -0.39 is 9.84 Å². The minimum absolute atomic E-state index is 0.0490.